The molecule has 0 aromatic carbocycles. The zero-order chi connectivity index (χ0) is 9.56. The van der Waals surface area contributed by atoms with E-state index in [4.69, 9.17) is 5.26 Å². The van der Waals surface area contributed by atoms with Gasteiger partial charge in [-0.3, -0.25) is 0 Å². The fourth-order valence-corrected chi connectivity index (χ4v) is 0.988. The fraction of sp³-hybridized carbons (Fsp3) is 0.545. The van der Waals surface area contributed by atoms with Crippen LogP contribution in [0, 0.1) is 17.2 Å². The minimum Gasteiger partial charge on any atom is -0.193 e. The average molecular weight is 163 g/mol. The van der Waals surface area contributed by atoms with E-state index in [0.29, 0.717) is 5.92 Å². The zero-order valence-corrected chi connectivity index (χ0v) is 8.39. The Kier molecular flexibility index (Phi) is 5.12. The molecule has 0 rings (SSSR count). The number of allylic oxidation sites excluding steroid dienone is 4. The number of hydrogen-bond acceptors (Lipinski definition) is 1. The smallest absolute Gasteiger partial charge is 0.0944 e. The summed E-state index contributed by atoms with van der Waals surface area (Å²) in [6.07, 6.45) is 5.01. The topological polar surface area (TPSA) is 23.8 Å². The van der Waals surface area contributed by atoms with Gasteiger partial charge in [0.1, 0.15) is 0 Å². The van der Waals surface area contributed by atoms with Crippen molar-refractivity contribution in [3.63, 3.8) is 0 Å². The van der Waals surface area contributed by atoms with Crippen molar-refractivity contribution >= 4 is 0 Å². The Morgan fingerprint density at radius 1 is 1.42 bits per heavy atom. The molecule has 0 aromatic heterocycles. The lowest BCUT2D eigenvalue weighted by Gasteiger charge is -2.06. The Hall–Kier alpha value is -1.03. The van der Waals surface area contributed by atoms with E-state index < -0.39 is 0 Å². The number of nitrogens with zero attached hydrogens (tertiary/aromatic N) is 1. The van der Waals surface area contributed by atoms with Crippen molar-refractivity contribution in [2.75, 3.05) is 0 Å². The molecule has 0 aliphatic rings. The molecular formula is C11H17N. The molecule has 0 radical (unpaired) electrons. The maximum Gasteiger partial charge on any atom is 0.0944 e. The van der Waals surface area contributed by atoms with Gasteiger partial charge in [0, 0.05) is 5.57 Å². The van der Waals surface area contributed by atoms with Crippen LogP contribution >= 0.6 is 0 Å². The Morgan fingerprint density at radius 2 is 2.00 bits per heavy atom. The van der Waals surface area contributed by atoms with Gasteiger partial charge >= 0.3 is 0 Å². The van der Waals surface area contributed by atoms with Crippen LogP contribution in [0.4, 0.5) is 0 Å². The Bertz CT molecular complexity index is 226. The number of rotatable bonds is 3. The van der Waals surface area contributed by atoms with Crippen LogP contribution in [-0.2, 0) is 0 Å². The van der Waals surface area contributed by atoms with Crippen LogP contribution in [0.5, 0.6) is 0 Å². The van der Waals surface area contributed by atoms with Crippen molar-refractivity contribution in [3.05, 3.63) is 23.3 Å². The normalized spacial score (nSPS) is 13.3. The Morgan fingerprint density at radius 3 is 2.33 bits per heavy atom. The van der Waals surface area contributed by atoms with Gasteiger partial charge in [0.15, 0.2) is 0 Å². The molecule has 0 aromatic rings. The molecule has 0 saturated heterocycles. The molecule has 0 N–H and O–H groups in total. The summed E-state index contributed by atoms with van der Waals surface area (Å²) in [5.74, 6) is 0.581. The molecule has 0 aliphatic heterocycles. The Labute approximate surface area is 75.4 Å². The lowest BCUT2D eigenvalue weighted by Crippen LogP contribution is -1.91. The van der Waals surface area contributed by atoms with Gasteiger partial charge in [0.05, 0.1) is 6.07 Å². The van der Waals surface area contributed by atoms with Crippen LogP contribution in [0.3, 0.4) is 0 Å². The van der Waals surface area contributed by atoms with Crippen molar-refractivity contribution in [2.45, 2.75) is 34.1 Å². The quantitative estimate of drug-likeness (QED) is 0.462. The molecule has 0 unspecified atom stereocenters. The zero-order valence-electron chi connectivity index (χ0n) is 8.39. The largest absolute Gasteiger partial charge is 0.193 e. The summed E-state index contributed by atoms with van der Waals surface area (Å²) in [5.41, 5.74) is 2.16. The number of nitriles is 1. The van der Waals surface area contributed by atoms with Gasteiger partial charge in [0.2, 0.25) is 0 Å². The summed E-state index contributed by atoms with van der Waals surface area (Å²) in [6, 6.07) is 2.10. The SMILES string of the molecule is CC/C(=C\C=C(/C)C#N)C(C)C. The summed E-state index contributed by atoms with van der Waals surface area (Å²) in [6.45, 7) is 8.31. The monoisotopic (exact) mass is 163 g/mol. The van der Waals surface area contributed by atoms with Gasteiger partial charge in [0.25, 0.3) is 0 Å². The molecule has 0 heterocycles. The highest BCUT2D eigenvalue weighted by atomic mass is 14.2. The van der Waals surface area contributed by atoms with Gasteiger partial charge in [-0.05, 0) is 25.3 Å². The van der Waals surface area contributed by atoms with Crippen molar-refractivity contribution in [3.8, 4) is 6.07 Å². The average Bonchev–Trinajstić information content (AvgIpc) is 2.04. The highest BCUT2D eigenvalue weighted by Crippen LogP contribution is 2.13. The molecule has 66 valence electrons. The lowest BCUT2D eigenvalue weighted by atomic mass is 10.00. The van der Waals surface area contributed by atoms with Crippen LogP contribution in [0.2, 0.25) is 0 Å². The first-order valence-electron chi connectivity index (χ1n) is 4.39. The minimum atomic E-state index is 0.581. The molecular weight excluding hydrogens is 146 g/mol. The standard InChI is InChI=1S/C11H17N/c1-5-11(9(2)3)7-6-10(4)8-12/h6-7,9H,5H2,1-4H3/b10-6+,11-7+. The van der Waals surface area contributed by atoms with E-state index in [1.807, 2.05) is 13.0 Å². The summed E-state index contributed by atoms with van der Waals surface area (Å²) in [4.78, 5) is 0. The first-order chi connectivity index (χ1) is 5.61. The van der Waals surface area contributed by atoms with E-state index in [2.05, 4.69) is 32.9 Å². The molecule has 12 heavy (non-hydrogen) atoms. The van der Waals surface area contributed by atoms with Crippen molar-refractivity contribution < 1.29 is 0 Å². The molecule has 0 fully saturated rings. The van der Waals surface area contributed by atoms with E-state index >= 15 is 0 Å². The Balaban J connectivity index is 4.43. The van der Waals surface area contributed by atoms with E-state index in [0.717, 1.165) is 12.0 Å². The second-order valence-corrected chi connectivity index (χ2v) is 3.21. The third-order valence-electron chi connectivity index (χ3n) is 1.87. The van der Waals surface area contributed by atoms with E-state index in [1.54, 1.807) is 0 Å². The molecule has 0 bridgehead atoms. The van der Waals surface area contributed by atoms with Crippen LogP contribution in [0.25, 0.3) is 0 Å². The van der Waals surface area contributed by atoms with Crippen LogP contribution in [0.15, 0.2) is 23.3 Å². The first-order valence-corrected chi connectivity index (χ1v) is 4.39. The number of hydrogen-bond donors (Lipinski definition) is 0. The van der Waals surface area contributed by atoms with Crippen molar-refractivity contribution in [2.24, 2.45) is 5.92 Å². The molecule has 0 amide bonds. The molecule has 0 atom stereocenters. The van der Waals surface area contributed by atoms with E-state index in [1.165, 1.54) is 5.57 Å². The second-order valence-electron chi connectivity index (χ2n) is 3.21. The van der Waals surface area contributed by atoms with Crippen LogP contribution in [-0.4, -0.2) is 0 Å². The van der Waals surface area contributed by atoms with Crippen molar-refractivity contribution in [1.82, 2.24) is 0 Å². The van der Waals surface area contributed by atoms with Gasteiger partial charge in [-0.1, -0.05) is 32.4 Å². The maximum atomic E-state index is 8.51. The van der Waals surface area contributed by atoms with Crippen molar-refractivity contribution in [1.29, 1.82) is 5.26 Å². The lowest BCUT2D eigenvalue weighted by molar-refractivity contribution is 0.732. The third kappa shape index (κ3) is 3.98. The van der Waals surface area contributed by atoms with Crippen LogP contribution < -0.4 is 0 Å². The van der Waals surface area contributed by atoms with Gasteiger partial charge in [-0.2, -0.15) is 5.26 Å². The molecule has 0 saturated carbocycles. The summed E-state index contributed by atoms with van der Waals surface area (Å²) in [7, 11) is 0. The van der Waals surface area contributed by atoms with E-state index in [9.17, 15) is 0 Å². The summed E-state index contributed by atoms with van der Waals surface area (Å²) >= 11 is 0. The predicted octanol–water partition coefficient (Wildman–Crippen LogP) is 3.45. The molecule has 1 heteroatoms. The van der Waals surface area contributed by atoms with Gasteiger partial charge in [-0.15, -0.1) is 0 Å². The summed E-state index contributed by atoms with van der Waals surface area (Å²) < 4.78 is 0. The molecule has 1 nitrogen and oxygen atoms in total. The second kappa shape index (κ2) is 5.60. The molecule has 0 aliphatic carbocycles. The highest BCUT2D eigenvalue weighted by Gasteiger charge is 1.97. The van der Waals surface area contributed by atoms with Gasteiger partial charge in [-0.25, -0.2) is 0 Å². The maximum absolute atomic E-state index is 8.51. The van der Waals surface area contributed by atoms with Crippen LogP contribution in [0.1, 0.15) is 34.1 Å². The van der Waals surface area contributed by atoms with Gasteiger partial charge < -0.3 is 0 Å². The minimum absolute atomic E-state index is 0.581. The first kappa shape index (κ1) is 11.0. The van der Waals surface area contributed by atoms with E-state index in [-0.39, 0.29) is 0 Å². The molecule has 0 spiro atoms. The predicted molar refractivity (Wildman–Crippen MR) is 52.6 cm³/mol. The summed E-state index contributed by atoms with van der Waals surface area (Å²) in [5, 5.41) is 8.51. The third-order valence-corrected chi connectivity index (χ3v) is 1.87. The highest BCUT2D eigenvalue weighted by molar-refractivity contribution is 5.25. The fourth-order valence-electron chi connectivity index (χ4n) is 0.988.